The minimum absolute atomic E-state index is 0.177. The molecule has 0 radical (unpaired) electrons. The minimum atomic E-state index is -0.177. The number of nitrogens with zero attached hydrogens (tertiary/aromatic N) is 4. The molecule has 0 saturated heterocycles. The normalized spacial score (nSPS) is 13.3. The SMILES string of the molecule is CCCN(OCC(C)C)C(=O)C1=Cc2ccc(-c3cnc(CN)nc3)cc2N=C(N)C1. The van der Waals surface area contributed by atoms with Gasteiger partial charge in [0.25, 0.3) is 5.91 Å². The van der Waals surface area contributed by atoms with E-state index in [0.29, 0.717) is 48.5 Å². The summed E-state index contributed by atoms with van der Waals surface area (Å²) in [4.78, 5) is 31.9. The molecular weight excluding hydrogens is 392 g/mol. The number of hydrogen-bond acceptors (Lipinski definition) is 7. The predicted octanol–water partition coefficient (Wildman–Crippen LogP) is 3.20. The molecule has 8 nitrogen and oxygen atoms in total. The Morgan fingerprint density at radius 2 is 1.97 bits per heavy atom. The molecule has 3 rings (SSSR count). The largest absolute Gasteiger partial charge is 0.387 e. The van der Waals surface area contributed by atoms with Gasteiger partial charge in [-0.3, -0.25) is 9.63 Å². The van der Waals surface area contributed by atoms with E-state index in [1.54, 1.807) is 12.4 Å². The molecule has 0 saturated carbocycles. The molecule has 1 amide bonds. The number of aromatic nitrogens is 2. The molecule has 1 aromatic carbocycles. The van der Waals surface area contributed by atoms with Crippen LogP contribution in [-0.4, -0.2) is 39.9 Å². The monoisotopic (exact) mass is 422 g/mol. The zero-order chi connectivity index (χ0) is 22.4. The van der Waals surface area contributed by atoms with Gasteiger partial charge in [-0.15, -0.1) is 0 Å². The fourth-order valence-corrected chi connectivity index (χ4v) is 3.14. The van der Waals surface area contributed by atoms with Gasteiger partial charge in [0.05, 0.1) is 18.8 Å². The molecular formula is C23H30N6O2. The molecule has 1 aromatic heterocycles. The molecule has 2 heterocycles. The van der Waals surface area contributed by atoms with Gasteiger partial charge in [-0.2, -0.15) is 0 Å². The first-order chi connectivity index (χ1) is 14.9. The van der Waals surface area contributed by atoms with Crippen molar-refractivity contribution in [2.75, 3.05) is 13.2 Å². The Morgan fingerprint density at radius 3 is 2.61 bits per heavy atom. The highest BCUT2D eigenvalue weighted by atomic mass is 16.7. The van der Waals surface area contributed by atoms with Gasteiger partial charge < -0.3 is 11.5 Å². The Morgan fingerprint density at radius 1 is 1.23 bits per heavy atom. The number of hydroxylamine groups is 2. The lowest BCUT2D eigenvalue weighted by molar-refractivity contribution is -0.185. The molecule has 8 heteroatoms. The van der Waals surface area contributed by atoms with Crippen LogP contribution in [0.3, 0.4) is 0 Å². The van der Waals surface area contributed by atoms with Crippen LogP contribution in [0.25, 0.3) is 17.2 Å². The second-order valence-corrected chi connectivity index (χ2v) is 7.91. The summed E-state index contributed by atoms with van der Waals surface area (Å²) in [6.07, 6.45) is 6.38. The number of amidine groups is 1. The van der Waals surface area contributed by atoms with Crippen molar-refractivity contribution in [2.24, 2.45) is 22.4 Å². The van der Waals surface area contributed by atoms with Crippen molar-refractivity contribution in [3.05, 3.63) is 47.6 Å². The van der Waals surface area contributed by atoms with E-state index in [-0.39, 0.29) is 12.3 Å². The van der Waals surface area contributed by atoms with Gasteiger partial charge in [-0.1, -0.05) is 32.9 Å². The molecule has 1 aliphatic rings. The maximum atomic E-state index is 13.2. The number of benzene rings is 1. The van der Waals surface area contributed by atoms with Crippen molar-refractivity contribution >= 4 is 23.5 Å². The van der Waals surface area contributed by atoms with Crippen LogP contribution in [0.15, 0.2) is 41.2 Å². The standard InChI is InChI=1S/C23H30N6O2/c1-4-7-29(31-14-15(2)3)23(30)18-8-17-6-5-16(9-20(17)28-21(25)10-18)19-12-26-22(11-24)27-13-19/h5-6,8-9,12-13,15H,4,7,10-11,14,24H2,1-3H3,(H2,25,28). The molecule has 164 valence electrons. The highest BCUT2D eigenvalue weighted by Crippen LogP contribution is 2.31. The molecule has 0 spiro atoms. The number of rotatable bonds is 8. The smallest absolute Gasteiger partial charge is 0.273 e. The van der Waals surface area contributed by atoms with Crippen molar-refractivity contribution in [3.63, 3.8) is 0 Å². The number of amides is 1. The van der Waals surface area contributed by atoms with Crippen LogP contribution in [0.2, 0.25) is 0 Å². The summed E-state index contributed by atoms with van der Waals surface area (Å²) < 4.78 is 0. The summed E-state index contributed by atoms with van der Waals surface area (Å²) in [5, 5.41) is 1.44. The van der Waals surface area contributed by atoms with Crippen LogP contribution in [0.5, 0.6) is 0 Å². The number of nitrogens with two attached hydrogens (primary N) is 2. The highest BCUT2D eigenvalue weighted by molar-refractivity contribution is 6.05. The maximum Gasteiger partial charge on any atom is 0.273 e. The van der Waals surface area contributed by atoms with E-state index in [4.69, 9.17) is 16.3 Å². The van der Waals surface area contributed by atoms with Crippen LogP contribution < -0.4 is 11.5 Å². The molecule has 0 bridgehead atoms. The topological polar surface area (TPSA) is 120 Å². The number of aliphatic imine (C=N–C) groups is 1. The van der Waals surface area contributed by atoms with Crippen LogP contribution in [-0.2, 0) is 16.2 Å². The molecule has 0 aliphatic carbocycles. The average Bonchev–Trinajstić information content (AvgIpc) is 2.93. The van der Waals surface area contributed by atoms with Crippen LogP contribution in [0.1, 0.15) is 45.0 Å². The molecule has 0 fully saturated rings. The zero-order valence-corrected chi connectivity index (χ0v) is 18.3. The second kappa shape index (κ2) is 10.3. The summed E-state index contributed by atoms with van der Waals surface area (Å²) in [6, 6.07) is 5.80. The predicted molar refractivity (Wildman–Crippen MR) is 122 cm³/mol. The first-order valence-electron chi connectivity index (χ1n) is 10.5. The van der Waals surface area contributed by atoms with E-state index in [9.17, 15) is 4.79 Å². The lowest BCUT2D eigenvalue weighted by Crippen LogP contribution is -2.35. The van der Waals surface area contributed by atoms with Gasteiger partial charge in [0.15, 0.2) is 0 Å². The third kappa shape index (κ3) is 5.74. The number of fused-ring (bicyclic) bond motifs is 1. The van der Waals surface area contributed by atoms with Crippen molar-refractivity contribution in [1.29, 1.82) is 0 Å². The quantitative estimate of drug-likeness (QED) is 0.630. The molecule has 1 aliphatic heterocycles. The second-order valence-electron chi connectivity index (χ2n) is 7.91. The molecule has 0 atom stereocenters. The minimum Gasteiger partial charge on any atom is -0.387 e. The Hall–Kier alpha value is -3.10. The van der Waals surface area contributed by atoms with Crippen molar-refractivity contribution in [2.45, 2.75) is 40.2 Å². The van der Waals surface area contributed by atoms with Gasteiger partial charge >= 0.3 is 0 Å². The van der Waals surface area contributed by atoms with Gasteiger partial charge in [-0.25, -0.2) is 20.0 Å². The first-order valence-corrected chi connectivity index (χ1v) is 10.5. The van der Waals surface area contributed by atoms with E-state index in [0.717, 1.165) is 23.1 Å². The van der Waals surface area contributed by atoms with E-state index in [1.165, 1.54) is 5.06 Å². The van der Waals surface area contributed by atoms with Gasteiger partial charge in [0.2, 0.25) is 0 Å². The molecule has 31 heavy (non-hydrogen) atoms. The number of hydrogen-bond donors (Lipinski definition) is 2. The van der Waals surface area contributed by atoms with E-state index < -0.39 is 0 Å². The van der Waals surface area contributed by atoms with Crippen molar-refractivity contribution < 1.29 is 9.63 Å². The van der Waals surface area contributed by atoms with Crippen LogP contribution in [0, 0.1) is 5.92 Å². The lowest BCUT2D eigenvalue weighted by Gasteiger charge is -2.23. The molecule has 0 unspecified atom stereocenters. The van der Waals surface area contributed by atoms with Crippen LogP contribution in [0.4, 0.5) is 5.69 Å². The first kappa shape index (κ1) is 22.6. The Bertz CT molecular complexity index is 982. The van der Waals surface area contributed by atoms with E-state index in [1.807, 2.05) is 45.0 Å². The fraction of sp³-hybridized carbons (Fsp3) is 0.391. The molecule has 2 aromatic rings. The number of carbonyl (C=O) groups excluding carboxylic acids is 1. The third-order valence-corrected chi connectivity index (χ3v) is 4.71. The maximum absolute atomic E-state index is 13.2. The summed E-state index contributed by atoms with van der Waals surface area (Å²) in [5.41, 5.74) is 15.6. The summed E-state index contributed by atoms with van der Waals surface area (Å²) in [6.45, 7) is 7.40. The van der Waals surface area contributed by atoms with Gasteiger partial charge in [-0.05, 0) is 30.0 Å². The van der Waals surface area contributed by atoms with E-state index in [2.05, 4.69) is 15.0 Å². The number of carbonyl (C=O) groups is 1. The lowest BCUT2D eigenvalue weighted by atomic mass is 10.0. The summed E-state index contributed by atoms with van der Waals surface area (Å²) in [5.74, 6) is 1.11. The average molecular weight is 423 g/mol. The highest BCUT2D eigenvalue weighted by Gasteiger charge is 2.22. The van der Waals surface area contributed by atoms with E-state index >= 15 is 0 Å². The fourth-order valence-electron chi connectivity index (χ4n) is 3.14. The molecule has 4 N–H and O–H groups in total. The van der Waals surface area contributed by atoms with Crippen LogP contribution >= 0.6 is 0 Å². The Kier molecular flexibility index (Phi) is 7.49. The van der Waals surface area contributed by atoms with Crippen molar-refractivity contribution in [1.82, 2.24) is 15.0 Å². The zero-order valence-electron chi connectivity index (χ0n) is 18.3. The Balaban J connectivity index is 1.90. The Labute approximate surface area is 183 Å². The van der Waals surface area contributed by atoms with Gasteiger partial charge in [0.1, 0.15) is 11.7 Å². The van der Waals surface area contributed by atoms with Gasteiger partial charge in [0, 0.05) is 42.1 Å². The van der Waals surface area contributed by atoms with Crippen molar-refractivity contribution in [3.8, 4) is 11.1 Å². The third-order valence-electron chi connectivity index (χ3n) is 4.71. The summed E-state index contributed by atoms with van der Waals surface area (Å²) in [7, 11) is 0. The summed E-state index contributed by atoms with van der Waals surface area (Å²) >= 11 is 0.